The van der Waals surface area contributed by atoms with Crippen LogP contribution in [0.1, 0.15) is 5.56 Å². The van der Waals surface area contributed by atoms with Gasteiger partial charge in [0.05, 0.1) is 13.5 Å². The van der Waals surface area contributed by atoms with Crippen molar-refractivity contribution in [1.82, 2.24) is 0 Å². The molecular formula is C15H13BrO3S. The largest absolute Gasteiger partial charge is 0.497 e. The van der Waals surface area contributed by atoms with E-state index in [1.54, 1.807) is 18.9 Å². The Morgan fingerprint density at radius 2 is 1.85 bits per heavy atom. The number of carboxylic acids is 1. The number of hydrogen-bond acceptors (Lipinski definition) is 3. The topological polar surface area (TPSA) is 46.5 Å². The van der Waals surface area contributed by atoms with Crippen LogP contribution in [0.25, 0.3) is 0 Å². The van der Waals surface area contributed by atoms with Gasteiger partial charge in [0.25, 0.3) is 0 Å². The monoisotopic (exact) mass is 352 g/mol. The Kier molecular flexibility index (Phi) is 5.09. The molecule has 2 aromatic rings. The smallest absolute Gasteiger partial charge is 0.307 e. The Morgan fingerprint density at radius 3 is 2.40 bits per heavy atom. The number of rotatable bonds is 5. The number of halogens is 1. The van der Waals surface area contributed by atoms with Crippen molar-refractivity contribution in [3.8, 4) is 5.75 Å². The third-order valence-corrected chi connectivity index (χ3v) is 4.40. The third kappa shape index (κ3) is 4.02. The maximum absolute atomic E-state index is 10.7. The average Bonchev–Trinajstić information content (AvgIpc) is 2.42. The van der Waals surface area contributed by atoms with Gasteiger partial charge in [-0.1, -0.05) is 33.8 Å². The van der Waals surface area contributed by atoms with Crippen molar-refractivity contribution in [2.45, 2.75) is 16.2 Å². The van der Waals surface area contributed by atoms with E-state index in [4.69, 9.17) is 9.84 Å². The van der Waals surface area contributed by atoms with Gasteiger partial charge in [0.2, 0.25) is 0 Å². The predicted octanol–water partition coefficient (Wildman–Crippen LogP) is 4.24. The van der Waals surface area contributed by atoms with Crippen LogP contribution >= 0.6 is 27.7 Å². The van der Waals surface area contributed by atoms with Gasteiger partial charge in [0, 0.05) is 14.3 Å². The maximum atomic E-state index is 10.7. The van der Waals surface area contributed by atoms with E-state index in [2.05, 4.69) is 15.9 Å². The second kappa shape index (κ2) is 6.81. The second-order valence-electron chi connectivity index (χ2n) is 4.10. The number of carbonyl (C=O) groups is 1. The predicted molar refractivity (Wildman–Crippen MR) is 82.6 cm³/mol. The van der Waals surface area contributed by atoms with E-state index in [1.807, 2.05) is 42.5 Å². The van der Waals surface area contributed by atoms with Crippen LogP contribution in [0.3, 0.4) is 0 Å². The molecule has 0 fully saturated rings. The highest BCUT2D eigenvalue weighted by atomic mass is 79.9. The zero-order valence-corrected chi connectivity index (χ0v) is 13.2. The molecule has 0 aliphatic heterocycles. The number of ether oxygens (including phenoxy) is 1. The van der Waals surface area contributed by atoms with Crippen LogP contribution in [-0.2, 0) is 11.2 Å². The number of hydrogen-bond donors (Lipinski definition) is 1. The SMILES string of the molecule is COc1ccc(Sc2ccc(CC(=O)O)c(Br)c2)cc1. The van der Waals surface area contributed by atoms with Crippen molar-refractivity contribution in [3.05, 3.63) is 52.5 Å². The molecule has 0 bridgehead atoms. The van der Waals surface area contributed by atoms with Crippen LogP contribution in [-0.4, -0.2) is 18.2 Å². The molecule has 0 aliphatic carbocycles. The molecule has 5 heteroatoms. The minimum atomic E-state index is -0.832. The van der Waals surface area contributed by atoms with Crippen molar-refractivity contribution in [2.75, 3.05) is 7.11 Å². The van der Waals surface area contributed by atoms with Crippen molar-refractivity contribution in [2.24, 2.45) is 0 Å². The van der Waals surface area contributed by atoms with Gasteiger partial charge in [-0.15, -0.1) is 0 Å². The molecule has 0 radical (unpaired) electrons. The maximum Gasteiger partial charge on any atom is 0.307 e. The molecule has 1 N–H and O–H groups in total. The van der Waals surface area contributed by atoms with E-state index in [0.29, 0.717) is 0 Å². The van der Waals surface area contributed by atoms with Crippen LogP contribution in [0.15, 0.2) is 56.7 Å². The normalized spacial score (nSPS) is 10.3. The molecule has 0 aliphatic rings. The lowest BCUT2D eigenvalue weighted by Crippen LogP contribution is -2.00. The summed E-state index contributed by atoms with van der Waals surface area (Å²) in [5, 5.41) is 8.81. The summed E-state index contributed by atoms with van der Waals surface area (Å²) in [7, 11) is 1.64. The van der Waals surface area contributed by atoms with Crippen molar-refractivity contribution in [1.29, 1.82) is 0 Å². The fraction of sp³-hybridized carbons (Fsp3) is 0.133. The number of methoxy groups -OCH3 is 1. The van der Waals surface area contributed by atoms with Gasteiger partial charge in [-0.25, -0.2) is 0 Å². The molecule has 2 rings (SSSR count). The van der Waals surface area contributed by atoms with Crippen LogP contribution in [0, 0.1) is 0 Å². The summed E-state index contributed by atoms with van der Waals surface area (Å²) in [5.41, 5.74) is 0.775. The quantitative estimate of drug-likeness (QED) is 0.874. The minimum absolute atomic E-state index is 0.0219. The molecule has 3 nitrogen and oxygen atoms in total. The van der Waals surface area contributed by atoms with Gasteiger partial charge >= 0.3 is 5.97 Å². The molecule has 104 valence electrons. The molecule has 0 aromatic heterocycles. The van der Waals surface area contributed by atoms with E-state index in [-0.39, 0.29) is 6.42 Å². The van der Waals surface area contributed by atoms with Gasteiger partial charge in [-0.05, 0) is 42.0 Å². The number of carboxylic acid groups (broad SMARTS) is 1. The first kappa shape index (κ1) is 14.9. The zero-order valence-electron chi connectivity index (χ0n) is 10.8. The molecule has 2 aromatic carbocycles. The average molecular weight is 353 g/mol. The summed E-state index contributed by atoms with van der Waals surface area (Å²) in [6, 6.07) is 13.5. The highest BCUT2D eigenvalue weighted by Gasteiger charge is 2.07. The Hall–Kier alpha value is -1.46. The Balaban J connectivity index is 2.13. The molecule has 0 atom stereocenters. The van der Waals surface area contributed by atoms with E-state index in [9.17, 15) is 4.79 Å². The van der Waals surface area contributed by atoms with Crippen LogP contribution < -0.4 is 4.74 Å². The van der Waals surface area contributed by atoms with Crippen LogP contribution in [0.4, 0.5) is 0 Å². The van der Waals surface area contributed by atoms with Crippen molar-refractivity contribution in [3.63, 3.8) is 0 Å². The molecule has 0 amide bonds. The van der Waals surface area contributed by atoms with E-state index in [1.165, 1.54) is 0 Å². The summed E-state index contributed by atoms with van der Waals surface area (Å²) in [4.78, 5) is 12.9. The molecule has 0 unspecified atom stereocenters. The zero-order chi connectivity index (χ0) is 14.5. The standard InChI is InChI=1S/C15H13BrO3S/c1-19-11-3-6-12(7-4-11)20-13-5-2-10(8-15(17)18)14(16)9-13/h2-7,9H,8H2,1H3,(H,17,18). The van der Waals surface area contributed by atoms with E-state index in [0.717, 1.165) is 25.6 Å². The van der Waals surface area contributed by atoms with E-state index >= 15 is 0 Å². The molecule has 0 spiro atoms. The highest BCUT2D eigenvalue weighted by Crippen LogP contribution is 2.32. The lowest BCUT2D eigenvalue weighted by atomic mass is 10.1. The first-order valence-corrected chi connectivity index (χ1v) is 7.51. The Bertz CT molecular complexity index is 611. The molecule has 20 heavy (non-hydrogen) atoms. The first-order valence-electron chi connectivity index (χ1n) is 5.90. The molecule has 0 heterocycles. The number of benzene rings is 2. The fourth-order valence-corrected chi connectivity index (χ4v) is 3.21. The lowest BCUT2D eigenvalue weighted by Gasteiger charge is -2.06. The lowest BCUT2D eigenvalue weighted by molar-refractivity contribution is -0.136. The third-order valence-electron chi connectivity index (χ3n) is 2.66. The summed E-state index contributed by atoms with van der Waals surface area (Å²) >= 11 is 5.03. The van der Waals surface area contributed by atoms with Gasteiger partial charge in [0.1, 0.15) is 5.75 Å². The minimum Gasteiger partial charge on any atom is -0.497 e. The van der Waals surface area contributed by atoms with Crippen molar-refractivity contribution < 1.29 is 14.6 Å². The fourth-order valence-electron chi connectivity index (χ4n) is 1.68. The van der Waals surface area contributed by atoms with Gasteiger partial charge in [0.15, 0.2) is 0 Å². The van der Waals surface area contributed by atoms with Crippen LogP contribution in [0.2, 0.25) is 0 Å². The van der Waals surface area contributed by atoms with Crippen LogP contribution in [0.5, 0.6) is 5.75 Å². The highest BCUT2D eigenvalue weighted by molar-refractivity contribution is 9.10. The molecular weight excluding hydrogens is 340 g/mol. The van der Waals surface area contributed by atoms with Gasteiger partial charge in [-0.2, -0.15) is 0 Å². The molecule has 0 saturated carbocycles. The first-order chi connectivity index (χ1) is 9.58. The van der Waals surface area contributed by atoms with Crippen molar-refractivity contribution >= 4 is 33.7 Å². The Labute approximate surface area is 130 Å². The van der Waals surface area contributed by atoms with Gasteiger partial charge < -0.3 is 9.84 Å². The Morgan fingerprint density at radius 1 is 1.20 bits per heavy atom. The van der Waals surface area contributed by atoms with Gasteiger partial charge in [-0.3, -0.25) is 4.79 Å². The number of aliphatic carboxylic acids is 1. The van der Waals surface area contributed by atoms with E-state index < -0.39 is 5.97 Å². The summed E-state index contributed by atoms with van der Waals surface area (Å²) in [6.45, 7) is 0. The second-order valence-corrected chi connectivity index (χ2v) is 6.10. The summed E-state index contributed by atoms with van der Waals surface area (Å²) in [6.07, 6.45) is 0.0219. The molecule has 0 saturated heterocycles. The summed E-state index contributed by atoms with van der Waals surface area (Å²) < 4.78 is 5.94. The summed E-state index contributed by atoms with van der Waals surface area (Å²) in [5.74, 6) is -0.00593.